The Balaban J connectivity index is 1.20. The van der Waals surface area contributed by atoms with E-state index in [1.807, 2.05) is 21.6 Å². The van der Waals surface area contributed by atoms with Crippen molar-refractivity contribution in [2.24, 2.45) is 5.92 Å². The van der Waals surface area contributed by atoms with E-state index in [4.69, 9.17) is 0 Å². The average Bonchev–Trinajstić information content (AvgIpc) is 3.28. The minimum Gasteiger partial charge on any atom is -0.342 e. The second-order valence-corrected chi connectivity index (χ2v) is 8.72. The summed E-state index contributed by atoms with van der Waals surface area (Å²) in [5.41, 5.74) is 2.27. The molecule has 4 aromatic heterocycles. The molecule has 1 fully saturated rings. The normalized spacial score (nSPS) is 19.9. The van der Waals surface area contributed by atoms with Gasteiger partial charge < -0.3 is 14.0 Å². The number of likely N-dealkylation sites (tertiary alicyclic amines) is 1. The van der Waals surface area contributed by atoms with Gasteiger partial charge in [-0.05, 0) is 24.5 Å². The smallest absolute Gasteiger partial charge is 0.261 e. The van der Waals surface area contributed by atoms with Crippen LogP contribution in [0.2, 0.25) is 0 Å². The Labute approximate surface area is 182 Å². The highest BCUT2D eigenvalue weighted by Crippen LogP contribution is 2.35. The number of hydrogen-bond donors (Lipinski definition) is 0. The van der Waals surface area contributed by atoms with Crippen LogP contribution in [0.5, 0.6) is 0 Å². The number of nitrogens with zero attached hydrogens (tertiary/aromatic N) is 6. The Morgan fingerprint density at radius 2 is 2.00 bits per heavy atom. The number of rotatable bonds is 3. The molecule has 2 bridgehead atoms. The number of aromatic nitrogens is 5. The van der Waals surface area contributed by atoms with Crippen molar-refractivity contribution in [1.29, 1.82) is 0 Å². The quantitative estimate of drug-likeness (QED) is 0.488. The summed E-state index contributed by atoms with van der Waals surface area (Å²) in [6.45, 7) is 2.25. The fraction of sp³-hybridized carbons (Fsp3) is 0.348. The van der Waals surface area contributed by atoms with E-state index in [1.54, 1.807) is 45.9 Å². The maximum absolute atomic E-state index is 13.0. The summed E-state index contributed by atoms with van der Waals surface area (Å²) < 4.78 is 5.07. The molecule has 2 aliphatic rings. The molecule has 6 rings (SSSR count). The lowest BCUT2D eigenvalue weighted by atomic mass is 9.83. The second-order valence-electron chi connectivity index (χ2n) is 8.72. The summed E-state index contributed by atoms with van der Waals surface area (Å²) in [5, 5.41) is 4.70. The molecule has 9 heteroatoms. The number of carbonyl (C=O) groups excluding carboxylic acids is 1. The fourth-order valence-corrected chi connectivity index (χ4v) is 5.25. The van der Waals surface area contributed by atoms with Crippen molar-refractivity contribution in [3.63, 3.8) is 0 Å². The first-order valence-corrected chi connectivity index (χ1v) is 10.9. The molecule has 162 valence electrons. The van der Waals surface area contributed by atoms with Gasteiger partial charge in [0.05, 0.1) is 17.1 Å². The molecule has 0 unspecified atom stereocenters. The number of carbonyl (C=O) groups is 1. The number of fused-ring (bicyclic) bond motifs is 7. The molecule has 6 heterocycles. The van der Waals surface area contributed by atoms with Crippen LogP contribution in [0.1, 0.15) is 24.5 Å². The van der Waals surface area contributed by atoms with Gasteiger partial charge in [0.1, 0.15) is 0 Å². The maximum Gasteiger partial charge on any atom is 0.261 e. The van der Waals surface area contributed by atoms with E-state index >= 15 is 0 Å². The predicted octanol–water partition coefficient (Wildman–Crippen LogP) is 1.24. The lowest BCUT2D eigenvalue weighted by Gasteiger charge is -2.42. The van der Waals surface area contributed by atoms with E-state index in [9.17, 15) is 14.4 Å². The van der Waals surface area contributed by atoms with Gasteiger partial charge in [0.25, 0.3) is 11.1 Å². The van der Waals surface area contributed by atoms with Gasteiger partial charge in [-0.15, -0.1) is 0 Å². The third-order valence-corrected chi connectivity index (χ3v) is 6.76. The van der Waals surface area contributed by atoms with Crippen LogP contribution in [0.25, 0.3) is 16.6 Å². The highest BCUT2D eigenvalue weighted by Gasteiger charge is 2.36. The molecule has 4 aromatic rings. The van der Waals surface area contributed by atoms with Gasteiger partial charge in [-0.2, -0.15) is 5.10 Å². The molecular formula is C23H22N6O3. The van der Waals surface area contributed by atoms with Crippen molar-refractivity contribution in [3.05, 3.63) is 75.3 Å². The van der Waals surface area contributed by atoms with Gasteiger partial charge in [0.2, 0.25) is 5.91 Å². The molecule has 0 N–H and O–H groups in total. The van der Waals surface area contributed by atoms with Crippen molar-refractivity contribution < 1.29 is 4.79 Å². The molecule has 0 radical (unpaired) electrons. The van der Waals surface area contributed by atoms with Crippen LogP contribution in [0, 0.1) is 5.92 Å². The SMILES string of the molecule is O=C(CCn1ccc2c(cnc3ccnn32)c1=O)N1C[C@H]2C[C@@H](C1)c1cccc(=O)n1C2. The first kappa shape index (κ1) is 19.0. The van der Waals surface area contributed by atoms with Crippen LogP contribution in [-0.4, -0.2) is 47.6 Å². The van der Waals surface area contributed by atoms with Gasteiger partial charge in [-0.1, -0.05) is 6.07 Å². The van der Waals surface area contributed by atoms with Gasteiger partial charge in [-0.3, -0.25) is 14.4 Å². The van der Waals surface area contributed by atoms with E-state index in [2.05, 4.69) is 10.1 Å². The Morgan fingerprint density at radius 3 is 2.91 bits per heavy atom. The Hall–Kier alpha value is -3.75. The van der Waals surface area contributed by atoms with Crippen molar-refractivity contribution in [2.45, 2.75) is 31.8 Å². The molecule has 0 aromatic carbocycles. The third-order valence-electron chi connectivity index (χ3n) is 6.76. The number of pyridine rings is 2. The van der Waals surface area contributed by atoms with Crippen molar-refractivity contribution >= 4 is 22.5 Å². The topological polar surface area (TPSA) is 94.5 Å². The first-order chi connectivity index (χ1) is 15.6. The number of hydrogen-bond acceptors (Lipinski definition) is 5. The molecular weight excluding hydrogens is 408 g/mol. The summed E-state index contributed by atoms with van der Waals surface area (Å²) in [6, 6.07) is 9.01. The van der Waals surface area contributed by atoms with E-state index in [0.29, 0.717) is 42.7 Å². The van der Waals surface area contributed by atoms with Gasteiger partial charge in [0, 0.05) is 68.7 Å². The number of amides is 1. The van der Waals surface area contributed by atoms with E-state index in [-0.39, 0.29) is 35.3 Å². The standard InChI is InChI=1S/C23H22N6O3/c30-21(27-12-15-10-16(14-27)18-2-1-3-22(31)28(18)13-15)6-9-26-8-5-19-17(23(26)32)11-24-20-4-7-25-29(19)20/h1-5,7-8,11,15-16H,6,9-10,12-14H2/t15-,16+/m1/s1. The van der Waals surface area contributed by atoms with Crippen molar-refractivity contribution in [2.75, 3.05) is 13.1 Å². The van der Waals surface area contributed by atoms with Crippen molar-refractivity contribution in [3.8, 4) is 0 Å². The zero-order chi connectivity index (χ0) is 21.8. The summed E-state index contributed by atoms with van der Waals surface area (Å²) in [7, 11) is 0. The fourth-order valence-electron chi connectivity index (χ4n) is 5.25. The highest BCUT2D eigenvalue weighted by molar-refractivity contribution is 5.79. The Bertz CT molecular complexity index is 1480. The van der Waals surface area contributed by atoms with Crippen LogP contribution in [0.15, 0.2) is 58.5 Å². The van der Waals surface area contributed by atoms with Gasteiger partial charge in [0.15, 0.2) is 5.65 Å². The molecule has 0 aliphatic carbocycles. The van der Waals surface area contributed by atoms with Crippen LogP contribution < -0.4 is 11.1 Å². The third kappa shape index (κ3) is 2.96. The molecule has 32 heavy (non-hydrogen) atoms. The maximum atomic E-state index is 13.0. The van der Waals surface area contributed by atoms with Crippen LogP contribution in [0.4, 0.5) is 0 Å². The minimum atomic E-state index is -0.177. The summed E-state index contributed by atoms with van der Waals surface area (Å²) in [5.74, 6) is 0.515. The summed E-state index contributed by atoms with van der Waals surface area (Å²) >= 11 is 0. The molecule has 9 nitrogen and oxygen atoms in total. The Kier molecular flexibility index (Phi) is 4.24. The largest absolute Gasteiger partial charge is 0.342 e. The van der Waals surface area contributed by atoms with E-state index in [1.165, 1.54) is 0 Å². The Morgan fingerprint density at radius 1 is 1.09 bits per heavy atom. The lowest BCUT2D eigenvalue weighted by molar-refractivity contribution is -0.134. The van der Waals surface area contributed by atoms with Gasteiger partial charge >= 0.3 is 0 Å². The van der Waals surface area contributed by atoms with Crippen LogP contribution in [0.3, 0.4) is 0 Å². The molecule has 2 aliphatic heterocycles. The summed E-state index contributed by atoms with van der Waals surface area (Å²) in [4.78, 5) is 44.3. The first-order valence-electron chi connectivity index (χ1n) is 10.9. The number of piperidine rings is 1. The highest BCUT2D eigenvalue weighted by atomic mass is 16.2. The van der Waals surface area contributed by atoms with Crippen LogP contribution in [-0.2, 0) is 17.9 Å². The predicted molar refractivity (Wildman–Crippen MR) is 118 cm³/mol. The van der Waals surface area contributed by atoms with Crippen LogP contribution >= 0.6 is 0 Å². The molecule has 1 saturated heterocycles. The summed E-state index contributed by atoms with van der Waals surface area (Å²) in [6.07, 6.45) is 6.19. The lowest BCUT2D eigenvalue weighted by Crippen LogP contribution is -2.49. The average molecular weight is 430 g/mol. The van der Waals surface area contributed by atoms with E-state index < -0.39 is 0 Å². The monoisotopic (exact) mass is 430 g/mol. The minimum absolute atomic E-state index is 0.0366. The van der Waals surface area contributed by atoms with Crippen molar-refractivity contribution in [1.82, 2.24) is 28.6 Å². The molecule has 0 spiro atoms. The molecule has 1 amide bonds. The zero-order valence-corrected chi connectivity index (χ0v) is 17.4. The van der Waals surface area contributed by atoms with Gasteiger partial charge in [-0.25, -0.2) is 9.50 Å². The molecule has 2 atom stereocenters. The zero-order valence-electron chi connectivity index (χ0n) is 17.4. The second kappa shape index (κ2) is 7.15. The molecule has 0 saturated carbocycles. The number of aryl methyl sites for hydroxylation is 1. The van der Waals surface area contributed by atoms with E-state index in [0.717, 1.165) is 12.1 Å².